The van der Waals surface area contributed by atoms with E-state index in [1.54, 1.807) is 0 Å². The fraction of sp³-hybridized carbons (Fsp3) is 0.538. The van der Waals surface area contributed by atoms with E-state index in [9.17, 15) is 0 Å². The molecule has 0 radical (unpaired) electrons. The average molecular weight is 239 g/mol. The Kier molecular flexibility index (Phi) is 4.64. The van der Waals surface area contributed by atoms with E-state index in [1.165, 1.54) is 31.4 Å². The third-order valence-electron chi connectivity index (χ3n) is 3.08. The first-order valence-electron chi connectivity index (χ1n) is 6.04. The molecule has 1 atom stereocenters. The molecule has 1 heterocycles. The summed E-state index contributed by atoms with van der Waals surface area (Å²) in [6, 6.07) is 8.65. The molecule has 2 nitrogen and oxygen atoms in total. The van der Waals surface area contributed by atoms with Gasteiger partial charge in [-0.3, -0.25) is 0 Å². The van der Waals surface area contributed by atoms with Gasteiger partial charge in [0.25, 0.3) is 0 Å². The predicted molar refractivity (Wildman–Crippen MR) is 68.8 cm³/mol. The van der Waals surface area contributed by atoms with Crippen LogP contribution in [0.2, 0.25) is 5.02 Å². The van der Waals surface area contributed by atoms with Crippen molar-refractivity contribution in [2.24, 2.45) is 0 Å². The molecule has 88 valence electrons. The molecule has 2 N–H and O–H groups in total. The number of benzene rings is 1. The van der Waals surface area contributed by atoms with Crippen LogP contribution in [0.3, 0.4) is 0 Å². The highest BCUT2D eigenvalue weighted by Crippen LogP contribution is 2.14. The van der Waals surface area contributed by atoms with Crippen molar-refractivity contribution in [1.82, 2.24) is 10.6 Å². The molecule has 1 aromatic rings. The van der Waals surface area contributed by atoms with E-state index in [1.807, 2.05) is 18.2 Å². The lowest BCUT2D eigenvalue weighted by Crippen LogP contribution is -2.41. The highest BCUT2D eigenvalue weighted by atomic mass is 35.5. The van der Waals surface area contributed by atoms with Gasteiger partial charge in [0.1, 0.15) is 0 Å². The third-order valence-corrected chi connectivity index (χ3v) is 3.45. The molecule has 0 saturated carbocycles. The van der Waals surface area contributed by atoms with Crippen molar-refractivity contribution >= 4 is 11.6 Å². The van der Waals surface area contributed by atoms with E-state index in [0.29, 0.717) is 6.04 Å². The Morgan fingerprint density at radius 1 is 1.31 bits per heavy atom. The van der Waals surface area contributed by atoms with Crippen LogP contribution in [-0.4, -0.2) is 19.1 Å². The standard InChI is InChI=1S/C13H19ClN2/c14-13-7-2-1-5-11(13)9-15-10-12-6-3-4-8-16-12/h1-2,5,7,12,15-16H,3-4,6,8-10H2. The molecule has 1 saturated heterocycles. The summed E-state index contributed by atoms with van der Waals surface area (Å²) in [4.78, 5) is 0. The van der Waals surface area contributed by atoms with Gasteiger partial charge in [0.05, 0.1) is 0 Å². The van der Waals surface area contributed by atoms with Gasteiger partial charge in [0, 0.05) is 24.2 Å². The van der Waals surface area contributed by atoms with Crippen molar-refractivity contribution < 1.29 is 0 Å². The average Bonchev–Trinajstić information content (AvgIpc) is 2.33. The summed E-state index contributed by atoms with van der Waals surface area (Å²) in [5.41, 5.74) is 1.18. The lowest BCUT2D eigenvalue weighted by atomic mass is 10.1. The van der Waals surface area contributed by atoms with E-state index >= 15 is 0 Å². The highest BCUT2D eigenvalue weighted by Gasteiger charge is 2.11. The molecule has 1 aliphatic heterocycles. The van der Waals surface area contributed by atoms with Gasteiger partial charge in [-0.15, -0.1) is 0 Å². The lowest BCUT2D eigenvalue weighted by molar-refractivity contribution is 0.383. The van der Waals surface area contributed by atoms with E-state index < -0.39 is 0 Å². The van der Waals surface area contributed by atoms with Crippen LogP contribution >= 0.6 is 11.6 Å². The Bertz CT molecular complexity index is 321. The van der Waals surface area contributed by atoms with Gasteiger partial charge in [-0.25, -0.2) is 0 Å². The Labute approximate surface area is 102 Å². The highest BCUT2D eigenvalue weighted by molar-refractivity contribution is 6.31. The molecule has 1 aromatic carbocycles. The number of piperidine rings is 1. The first kappa shape index (κ1) is 11.9. The maximum absolute atomic E-state index is 6.09. The maximum Gasteiger partial charge on any atom is 0.0450 e. The monoisotopic (exact) mass is 238 g/mol. The van der Waals surface area contributed by atoms with Gasteiger partial charge in [-0.2, -0.15) is 0 Å². The minimum absolute atomic E-state index is 0.635. The van der Waals surface area contributed by atoms with Crippen molar-refractivity contribution in [2.75, 3.05) is 13.1 Å². The number of hydrogen-bond donors (Lipinski definition) is 2. The molecule has 1 fully saturated rings. The molecule has 0 bridgehead atoms. The van der Waals surface area contributed by atoms with Crippen LogP contribution in [0.1, 0.15) is 24.8 Å². The van der Waals surface area contributed by atoms with E-state index in [4.69, 9.17) is 11.6 Å². The summed E-state index contributed by atoms with van der Waals surface area (Å²) in [5, 5.41) is 7.84. The van der Waals surface area contributed by atoms with Crippen molar-refractivity contribution in [3.8, 4) is 0 Å². The molecule has 0 amide bonds. The number of halogens is 1. The Balaban J connectivity index is 1.73. The van der Waals surface area contributed by atoms with Gasteiger partial charge < -0.3 is 10.6 Å². The zero-order valence-electron chi connectivity index (χ0n) is 9.51. The predicted octanol–water partition coefficient (Wildman–Crippen LogP) is 2.57. The number of nitrogens with one attached hydrogen (secondary N) is 2. The molecule has 1 aliphatic rings. The van der Waals surface area contributed by atoms with Crippen LogP contribution in [-0.2, 0) is 6.54 Å². The quantitative estimate of drug-likeness (QED) is 0.843. The van der Waals surface area contributed by atoms with Gasteiger partial charge in [0.2, 0.25) is 0 Å². The summed E-state index contributed by atoms with van der Waals surface area (Å²) >= 11 is 6.09. The molecule has 0 spiro atoms. The zero-order valence-corrected chi connectivity index (χ0v) is 10.3. The van der Waals surface area contributed by atoms with Crippen LogP contribution in [0, 0.1) is 0 Å². The van der Waals surface area contributed by atoms with E-state index in [2.05, 4.69) is 16.7 Å². The molecule has 0 aliphatic carbocycles. The Hall–Kier alpha value is -0.570. The van der Waals surface area contributed by atoms with Crippen molar-refractivity contribution in [1.29, 1.82) is 0 Å². The largest absolute Gasteiger partial charge is 0.313 e. The van der Waals surface area contributed by atoms with Crippen LogP contribution in [0.5, 0.6) is 0 Å². The molecule has 2 rings (SSSR count). The second-order valence-electron chi connectivity index (χ2n) is 4.37. The zero-order chi connectivity index (χ0) is 11.2. The first-order valence-corrected chi connectivity index (χ1v) is 6.41. The Morgan fingerprint density at radius 2 is 2.19 bits per heavy atom. The fourth-order valence-electron chi connectivity index (χ4n) is 2.12. The topological polar surface area (TPSA) is 24.1 Å². The minimum Gasteiger partial charge on any atom is -0.313 e. The molecule has 1 unspecified atom stereocenters. The molecule has 0 aromatic heterocycles. The van der Waals surface area contributed by atoms with Crippen LogP contribution in [0.25, 0.3) is 0 Å². The van der Waals surface area contributed by atoms with Gasteiger partial charge >= 0.3 is 0 Å². The minimum atomic E-state index is 0.635. The third kappa shape index (κ3) is 3.48. The van der Waals surface area contributed by atoms with E-state index in [0.717, 1.165) is 18.1 Å². The molecular weight excluding hydrogens is 220 g/mol. The van der Waals surface area contributed by atoms with Gasteiger partial charge in [-0.05, 0) is 31.0 Å². The maximum atomic E-state index is 6.09. The van der Waals surface area contributed by atoms with Crippen molar-refractivity contribution in [2.45, 2.75) is 31.8 Å². The second-order valence-corrected chi connectivity index (χ2v) is 4.78. The van der Waals surface area contributed by atoms with Crippen molar-refractivity contribution in [3.05, 3.63) is 34.9 Å². The summed E-state index contributed by atoms with van der Waals surface area (Å²) < 4.78 is 0. The SMILES string of the molecule is Clc1ccccc1CNCC1CCCCN1. The first-order chi connectivity index (χ1) is 7.86. The van der Waals surface area contributed by atoms with Crippen LogP contribution in [0.15, 0.2) is 24.3 Å². The fourth-order valence-corrected chi connectivity index (χ4v) is 2.32. The summed E-state index contributed by atoms with van der Waals surface area (Å²) in [5.74, 6) is 0. The molecule has 3 heteroatoms. The number of hydrogen-bond acceptors (Lipinski definition) is 2. The summed E-state index contributed by atoms with van der Waals surface area (Å²) in [7, 11) is 0. The smallest absolute Gasteiger partial charge is 0.0450 e. The summed E-state index contributed by atoms with van der Waals surface area (Å²) in [6.45, 7) is 3.06. The van der Waals surface area contributed by atoms with Crippen LogP contribution < -0.4 is 10.6 Å². The van der Waals surface area contributed by atoms with Gasteiger partial charge in [-0.1, -0.05) is 36.2 Å². The van der Waals surface area contributed by atoms with Crippen LogP contribution in [0.4, 0.5) is 0 Å². The Morgan fingerprint density at radius 3 is 2.94 bits per heavy atom. The van der Waals surface area contributed by atoms with E-state index in [-0.39, 0.29) is 0 Å². The number of rotatable bonds is 4. The lowest BCUT2D eigenvalue weighted by Gasteiger charge is -2.23. The summed E-state index contributed by atoms with van der Waals surface area (Å²) in [6.07, 6.45) is 3.96. The normalized spacial score (nSPS) is 20.9. The van der Waals surface area contributed by atoms with Gasteiger partial charge in [0.15, 0.2) is 0 Å². The molecular formula is C13H19ClN2. The van der Waals surface area contributed by atoms with Crippen molar-refractivity contribution in [3.63, 3.8) is 0 Å². The second kappa shape index (κ2) is 6.24. The molecule has 16 heavy (non-hydrogen) atoms.